The Bertz CT molecular complexity index is 1550. The van der Waals surface area contributed by atoms with Crippen LogP contribution >= 0.6 is 34.8 Å². The number of amides is 1. The van der Waals surface area contributed by atoms with E-state index in [0.717, 1.165) is 32.4 Å². The topological polar surface area (TPSA) is 112 Å². The number of hydrazine groups is 1. The van der Waals surface area contributed by atoms with Gasteiger partial charge in [0.1, 0.15) is 0 Å². The Morgan fingerprint density at radius 2 is 1.73 bits per heavy atom. The first-order chi connectivity index (χ1) is 19.1. The van der Waals surface area contributed by atoms with Crippen LogP contribution in [0.3, 0.4) is 0 Å². The zero-order chi connectivity index (χ0) is 28.4. The van der Waals surface area contributed by atoms with Crippen molar-refractivity contribution in [2.24, 2.45) is 0 Å². The quantitative estimate of drug-likeness (QED) is 0.342. The van der Waals surface area contributed by atoms with Gasteiger partial charge >= 0.3 is 0 Å². The number of rotatable bonds is 8. The number of hydrogen-bond acceptors (Lipinski definition) is 7. The van der Waals surface area contributed by atoms with Crippen LogP contribution in [0.4, 0.5) is 0 Å². The minimum Gasteiger partial charge on any atom is -0.361 e. The lowest BCUT2D eigenvalue weighted by atomic mass is 10.0. The summed E-state index contributed by atoms with van der Waals surface area (Å²) in [6, 6.07) is 11.9. The fourth-order valence-electron chi connectivity index (χ4n) is 4.64. The summed E-state index contributed by atoms with van der Waals surface area (Å²) < 4.78 is 30.5. The van der Waals surface area contributed by atoms with E-state index in [1.54, 1.807) is 54.4 Å². The molecule has 40 heavy (non-hydrogen) atoms. The summed E-state index contributed by atoms with van der Waals surface area (Å²) in [4.78, 5) is 15.4. The molecule has 5 rings (SSSR count). The Labute approximate surface area is 247 Å². The van der Waals surface area contributed by atoms with Gasteiger partial charge < -0.3 is 10.2 Å². The number of benzene rings is 2. The molecule has 0 atom stereocenters. The van der Waals surface area contributed by atoms with Crippen molar-refractivity contribution in [1.82, 2.24) is 35.2 Å². The van der Waals surface area contributed by atoms with E-state index >= 15 is 0 Å². The molecule has 3 heterocycles. The summed E-state index contributed by atoms with van der Waals surface area (Å²) in [6.45, 7) is 1.59. The molecule has 212 valence electrons. The van der Waals surface area contributed by atoms with Crippen LogP contribution in [0, 0.1) is 0 Å². The largest absolute Gasteiger partial charge is 0.361 e. The van der Waals surface area contributed by atoms with E-state index in [0.29, 0.717) is 44.2 Å². The van der Waals surface area contributed by atoms with Gasteiger partial charge in [0.15, 0.2) is 10.7 Å². The molecule has 1 fully saturated rings. The Hall–Kier alpha value is -2.80. The van der Waals surface area contributed by atoms with Gasteiger partial charge in [-0.25, -0.2) is 22.8 Å². The summed E-state index contributed by atoms with van der Waals surface area (Å²) in [5.74, 6) is -0.451. The Morgan fingerprint density at radius 3 is 2.38 bits per heavy atom. The van der Waals surface area contributed by atoms with Gasteiger partial charge in [0.25, 0.3) is 15.9 Å². The molecule has 1 amide bonds. The minimum atomic E-state index is -3.92. The van der Waals surface area contributed by atoms with E-state index in [-0.39, 0.29) is 17.3 Å². The van der Waals surface area contributed by atoms with Gasteiger partial charge in [0.2, 0.25) is 0 Å². The second-order valence-corrected chi connectivity index (χ2v) is 12.6. The average Bonchev–Trinajstić information content (AvgIpc) is 3.53. The van der Waals surface area contributed by atoms with Crippen molar-refractivity contribution in [2.75, 3.05) is 26.8 Å². The van der Waals surface area contributed by atoms with Crippen molar-refractivity contribution in [2.45, 2.75) is 25.8 Å². The average molecular weight is 625 g/mol. The fourth-order valence-corrected chi connectivity index (χ4v) is 6.32. The van der Waals surface area contributed by atoms with Crippen molar-refractivity contribution in [3.63, 3.8) is 0 Å². The number of halogens is 3. The normalized spacial score (nSPS) is 16.1. The molecule has 0 aliphatic carbocycles. The highest BCUT2D eigenvalue weighted by atomic mass is 35.5. The number of sulfonamides is 1. The van der Waals surface area contributed by atoms with E-state index in [9.17, 15) is 13.2 Å². The maximum atomic E-state index is 13.7. The predicted octanol–water partition coefficient (Wildman–Crippen LogP) is 4.34. The van der Waals surface area contributed by atoms with Gasteiger partial charge in [-0.1, -0.05) is 53.4 Å². The van der Waals surface area contributed by atoms with Crippen molar-refractivity contribution < 1.29 is 13.2 Å². The predicted molar refractivity (Wildman–Crippen MR) is 157 cm³/mol. The van der Waals surface area contributed by atoms with Crippen LogP contribution in [-0.4, -0.2) is 60.8 Å². The van der Waals surface area contributed by atoms with Crippen LogP contribution in [0.5, 0.6) is 0 Å². The van der Waals surface area contributed by atoms with Gasteiger partial charge in [-0.15, -0.1) is 0 Å². The van der Waals surface area contributed by atoms with Gasteiger partial charge in [-0.3, -0.25) is 10.2 Å². The van der Waals surface area contributed by atoms with Crippen molar-refractivity contribution in [3.8, 4) is 16.9 Å². The number of carbonyl (C=O) groups is 1. The Balaban J connectivity index is 1.64. The summed E-state index contributed by atoms with van der Waals surface area (Å²) in [5.41, 5.74) is 5.00. The first-order valence-corrected chi connectivity index (χ1v) is 15.3. The standard InChI is InChI=1S/C26H28Cl3N7O3S/c1-34-15-23(30-16-34)40(38,39)31-14-20-24(26(37)33-35-11-3-2-4-12-35)32-36(22-10-9-19(28)13-21(22)29)25(20)17-5-7-18(27)8-6-17/h5-10,13,15,30-31H,2-4,11-12,14,16H2,1H3,(H,33,37). The third-order valence-electron chi connectivity index (χ3n) is 6.64. The zero-order valence-corrected chi connectivity index (χ0v) is 24.7. The smallest absolute Gasteiger partial charge is 0.286 e. The maximum absolute atomic E-state index is 13.7. The summed E-state index contributed by atoms with van der Waals surface area (Å²) in [6.07, 6.45) is 4.54. The molecule has 0 saturated carbocycles. The van der Waals surface area contributed by atoms with Crippen LogP contribution < -0.4 is 15.5 Å². The van der Waals surface area contributed by atoms with Crippen LogP contribution in [0.15, 0.2) is 53.7 Å². The molecule has 2 aliphatic heterocycles. The minimum absolute atomic E-state index is 0.0375. The molecule has 10 nitrogen and oxygen atoms in total. The van der Waals surface area contributed by atoms with E-state index in [2.05, 4.69) is 20.6 Å². The van der Waals surface area contributed by atoms with E-state index in [1.165, 1.54) is 10.9 Å². The molecule has 2 aliphatic rings. The SMILES string of the molecule is CN1C=C(S(=O)(=O)NCc2c(C(=O)NN3CCCCC3)nn(-c3ccc(Cl)cc3Cl)c2-c2ccc(Cl)cc2)NC1. The maximum Gasteiger partial charge on any atom is 0.286 e. The molecule has 0 spiro atoms. The molecule has 2 aromatic carbocycles. The molecule has 14 heteroatoms. The number of carbonyl (C=O) groups excluding carboxylic acids is 1. The number of hydrogen-bond donors (Lipinski definition) is 3. The second kappa shape index (κ2) is 12.0. The summed E-state index contributed by atoms with van der Waals surface area (Å²) in [7, 11) is -2.16. The van der Waals surface area contributed by atoms with E-state index in [1.807, 2.05) is 5.01 Å². The van der Waals surface area contributed by atoms with Gasteiger partial charge in [-0.2, -0.15) is 5.10 Å². The number of nitrogens with one attached hydrogen (secondary N) is 3. The third-order valence-corrected chi connectivity index (χ3v) is 8.78. The monoisotopic (exact) mass is 623 g/mol. The molecule has 0 radical (unpaired) electrons. The van der Waals surface area contributed by atoms with E-state index < -0.39 is 15.9 Å². The Morgan fingerprint density at radius 1 is 1.02 bits per heavy atom. The van der Waals surface area contributed by atoms with Gasteiger partial charge in [0.05, 0.1) is 23.1 Å². The van der Waals surface area contributed by atoms with Crippen LogP contribution in [-0.2, 0) is 16.6 Å². The fraction of sp³-hybridized carbons (Fsp3) is 0.308. The van der Waals surface area contributed by atoms with Crippen molar-refractivity contribution >= 4 is 50.7 Å². The highest BCUT2D eigenvalue weighted by Crippen LogP contribution is 2.34. The zero-order valence-electron chi connectivity index (χ0n) is 21.6. The highest BCUT2D eigenvalue weighted by Gasteiger charge is 2.29. The number of piperidine rings is 1. The van der Waals surface area contributed by atoms with E-state index in [4.69, 9.17) is 34.8 Å². The van der Waals surface area contributed by atoms with Crippen LogP contribution in [0.1, 0.15) is 35.3 Å². The van der Waals surface area contributed by atoms with Crippen molar-refractivity contribution in [1.29, 1.82) is 0 Å². The summed E-state index contributed by atoms with van der Waals surface area (Å²) in [5, 5.41) is 10.7. The molecule has 1 saturated heterocycles. The lowest BCUT2D eigenvalue weighted by Crippen LogP contribution is -2.45. The van der Waals surface area contributed by atoms with Gasteiger partial charge in [0, 0.05) is 54.1 Å². The molecule has 0 bridgehead atoms. The van der Waals surface area contributed by atoms with Crippen LogP contribution in [0.25, 0.3) is 16.9 Å². The molecule has 3 N–H and O–H groups in total. The molecule has 3 aromatic rings. The van der Waals surface area contributed by atoms with Crippen molar-refractivity contribution in [3.05, 3.63) is 80.0 Å². The lowest BCUT2D eigenvalue weighted by molar-refractivity contribution is 0.0743. The summed E-state index contributed by atoms with van der Waals surface area (Å²) >= 11 is 18.9. The van der Waals surface area contributed by atoms with Gasteiger partial charge in [-0.05, 0) is 43.2 Å². The third kappa shape index (κ3) is 6.24. The molecule has 0 unspecified atom stereocenters. The lowest BCUT2D eigenvalue weighted by Gasteiger charge is -2.26. The number of nitrogens with zero attached hydrogens (tertiary/aromatic N) is 4. The molecular weight excluding hydrogens is 597 g/mol. The first-order valence-electron chi connectivity index (χ1n) is 12.7. The second-order valence-electron chi connectivity index (χ2n) is 9.59. The molecule has 1 aromatic heterocycles. The number of aromatic nitrogens is 2. The Kier molecular flexibility index (Phi) is 8.60. The van der Waals surface area contributed by atoms with Crippen LogP contribution in [0.2, 0.25) is 15.1 Å². The molecular formula is C26H28Cl3N7O3S. The highest BCUT2D eigenvalue weighted by molar-refractivity contribution is 7.93. The first kappa shape index (κ1) is 28.7.